The third-order valence-corrected chi connectivity index (χ3v) is 5.34. The molecule has 120 valence electrons. The highest BCUT2D eigenvalue weighted by Crippen LogP contribution is 2.52. The van der Waals surface area contributed by atoms with Gasteiger partial charge in [0.1, 0.15) is 12.1 Å². The van der Waals surface area contributed by atoms with Crippen LogP contribution in [0.1, 0.15) is 6.42 Å². The Kier molecular flexibility index (Phi) is 2.97. The molecule has 7 unspecified atom stereocenters. The first kappa shape index (κ1) is 14.0. The van der Waals surface area contributed by atoms with E-state index < -0.39 is 12.2 Å². The molecule has 6 N–H and O–H groups in total. The molecule has 0 aromatic rings. The molecular weight excluding hydrogens is 286 g/mol. The molecule has 8 heteroatoms. The molecule has 2 saturated carbocycles. The van der Waals surface area contributed by atoms with Crippen molar-refractivity contribution < 1.29 is 15.0 Å². The van der Waals surface area contributed by atoms with Gasteiger partial charge in [-0.25, -0.2) is 4.99 Å². The van der Waals surface area contributed by atoms with Crippen molar-refractivity contribution in [3.05, 3.63) is 11.8 Å². The van der Waals surface area contributed by atoms with Crippen molar-refractivity contribution in [2.24, 2.45) is 28.5 Å². The number of rotatable bonds is 3. The van der Waals surface area contributed by atoms with E-state index in [9.17, 15) is 15.0 Å². The normalized spacial score (nSPS) is 45.9. The summed E-state index contributed by atoms with van der Waals surface area (Å²) in [4.78, 5) is 18.3. The molecule has 2 aliphatic carbocycles. The second-order valence-electron chi connectivity index (χ2n) is 6.72. The van der Waals surface area contributed by atoms with Gasteiger partial charge in [-0.3, -0.25) is 10.1 Å². The Labute approximate surface area is 128 Å². The molecule has 8 nitrogen and oxygen atoms in total. The Morgan fingerprint density at radius 3 is 2.91 bits per heavy atom. The minimum absolute atomic E-state index is 0.106. The van der Waals surface area contributed by atoms with Crippen LogP contribution in [0.3, 0.4) is 0 Å². The minimum atomic E-state index is -0.729. The summed E-state index contributed by atoms with van der Waals surface area (Å²) in [7, 11) is 1.87. The zero-order valence-corrected chi connectivity index (χ0v) is 12.3. The van der Waals surface area contributed by atoms with Gasteiger partial charge in [0, 0.05) is 25.8 Å². The molecule has 2 fully saturated rings. The van der Waals surface area contributed by atoms with Gasteiger partial charge in [0.15, 0.2) is 5.96 Å². The lowest BCUT2D eigenvalue weighted by Crippen LogP contribution is -2.52. The standard InChI is InChI=1S/C14H21N5O3/c1-19-4-5(8-12(19)17-14(15)18-13(8)22)3-16-9-6-2-7(6)10(20)11(9)21/h4,6-12,16,20-21H,2-3H2,1H3,(H3,15,17,18,22). The van der Waals surface area contributed by atoms with Crippen LogP contribution < -0.4 is 16.4 Å². The van der Waals surface area contributed by atoms with E-state index in [1.54, 1.807) is 0 Å². The Morgan fingerprint density at radius 1 is 1.45 bits per heavy atom. The molecule has 4 rings (SSSR count). The van der Waals surface area contributed by atoms with Crippen LogP contribution in [-0.4, -0.2) is 65.0 Å². The third kappa shape index (κ3) is 1.94. The first-order chi connectivity index (χ1) is 10.5. The molecule has 0 aromatic carbocycles. The van der Waals surface area contributed by atoms with Crippen LogP contribution in [-0.2, 0) is 4.79 Å². The van der Waals surface area contributed by atoms with Gasteiger partial charge < -0.3 is 26.2 Å². The van der Waals surface area contributed by atoms with Crippen molar-refractivity contribution in [2.75, 3.05) is 13.6 Å². The lowest BCUT2D eigenvalue weighted by molar-refractivity contribution is -0.124. The van der Waals surface area contributed by atoms with Crippen LogP contribution >= 0.6 is 0 Å². The van der Waals surface area contributed by atoms with E-state index in [2.05, 4.69) is 15.6 Å². The highest BCUT2D eigenvalue weighted by Gasteiger charge is 2.59. The molecule has 0 aromatic heterocycles. The number of hydrogen-bond donors (Lipinski definition) is 5. The largest absolute Gasteiger partial charge is 0.390 e. The van der Waals surface area contributed by atoms with Crippen molar-refractivity contribution in [1.29, 1.82) is 0 Å². The summed E-state index contributed by atoms with van der Waals surface area (Å²) in [6.07, 6.45) is 1.22. The number of carbonyl (C=O) groups is 1. The number of aliphatic hydroxyl groups is 2. The topological polar surface area (TPSA) is 123 Å². The summed E-state index contributed by atoms with van der Waals surface area (Å²) in [6.45, 7) is 0.492. The second kappa shape index (κ2) is 4.68. The van der Waals surface area contributed by atoms with Gasteiger partial charge in [-0.15, -0.1) is 0 Å². The van der Waals surface area contributed by atoms with E-state index >= 15 is 0 Å². The fourth-order valence-corrected chi connectivity index (χ4v) is 4.12. The highest BCUT2D eigenvalue weighted by molar-refractivity contribution is 6.01. The van der Waals surface area contributed by atoms with E-state index in [0.29, 0.717) is 12.5 Å². The van der Waals surface area contributed by atoms with Gasteiger partial charge in [-0.05, 0) is 23.8 Å². The number of amides is 1. The summed E-state index contributed by atoms with van der Waals surface area (Å²) in [6, 6.07) is -0.106. The van der Waals surface area contributed by atoms with Gasteiger partial charge >= 0.3 is 0 Å². The number of aliphatic imine (C=N–C) groups is 1. The Bertz CT molecular complexity index is 577. The van der Waals surface area contributed by atoms with E-state index in [1.165, 1.54) is 0 Å². The Morgan fingerprint density at radius 2 is 2.23 bits per heavy atom. The Hall–Kier alpha value is -1.64. The molecule has 2 heterocycles. The van der Waals surface area contributed by atoms with Crippen LogP contribution in [0.25, 0.3) is 0 Å². The number of carbonyl (C=O) groups excluding carboxylic acids is 1. The SMILES string of the molecule is CN1C=C(CNC2C(O)C(O)C3CC32)C2C(=O)NC(N)=NC21. The predicted molar refractivity (Wildman–Crippen MR) is 78.3 cm³/mol. The summed E-state index contributed by atoms with van der Waals surface area (Å²) in [5.41, 5.74) is 6.53. The molecule has 0 saturated heterocycles. The quantitative estimate of drug-likeness (QED) is 0.394. The number of nitrogens with two attached hydrogens (primary N) is 1. The van der Waals surface area contributed by atoms with Crippen molar-refractivity contribution in [1.82, 2.24) is 15.5 Å². The summed E-state index contributed by atoms with van der Waals surface area (Å²) >= 11 is 0. The maximum absolute atomic E-state index is 12.2. The molecule has 0 radical (unpaired) electrons. The van der Waals surface area contributed by atoms with Crippen LogP contribution in [0.4, 0.5) is 0 Å². The zero-order valence-electron chi connectivity index (χ0n) is 12.3. The van der Waals surface area contributed by atoms with Crippen molar-refractivity contribution in [2.45, 2.75) is 30.8 Å². The van der Waals surface area contributed by atoms with E-state index in [1.807, 2.05) is 18.1 Å². The maximum atomic E-state index is 12.2. The van der Waals surface area contributed by atoms with Crippen molar-refractivity contribution in [3.63, 3.8) is 0 Å². The summed E-state index contributed by atoms with van der Waals surface area (Å²) in [5.74, 6) is 0.211. The predicted octanol–water partition coefficient (Wildman–Crippen LogP) is -2.47. The molecule has 1 amide bonds. The number of aliphatic hydroxyl groups excluding tert-OH is 2. The first-order valence-electron chi connectivity index (χ1n) is 7.63. The van der Waals surface area contributed by atoms with E-state index in [0.717, 1.165) is 12.0 Å². The van der Waals surface area contributed by atoms with Crippen LogP contribution in [0.5, 0.6) is 0 Å². The van der Waals surface area contributed by atoms with Crippen LogP contribution in [0, 0.1) is 17.8 Å². The smallest absolute Gasteiger partial charge is 0.238 e. The molecule has 4 aliphatic rings. The number of nitrogens with one attached hydrogen (secondary N) is 2. The number of hydrogen-bond acceptors (Lipinski definition) is 7. The van der Waals surface area contributed by atoms with Gasteiger partial charge in [0.25, 0.3) is 0 Å². The van der Waals surface area contributed by atoms with Gasteiger partial charge in [-0.1, -0.05) is 0 Å². The van der Waals surface area contributed by atoms with Gasteiger partial charge in [0.05, 0.1) is 12.2 Å². The average Bonchev–Trinajstić information content (AvgIpc) is 3.12. The second-order valence-corrected chi connectivity index (χ2v) is 6.72. The third-order valence-electron chi connectivity index (χ3n) is 5.34. The minimum Gasteiger partial charge on any atom is -0.390 e. The lowest BCUT2D eigenvalue weighted by Gasteiger charge is -2.28. The van der Waals surface area contributed by atoms with Crippen molar-refractivity contribution in [3.8, 4) is 0 Å². The number of guanidine groups is 1. The molecule has 0 bridgehead atoms. The molecule has 2 aliphatic heterocycles. The fraction of sp³-hybridized carbons (Fsp3) is 0.714. The maximum Gasteiger partial charge on any atom is 0.238 e. The molecule has 0 spiro atoms. The number of fused-ring (bicyclic) bond motifs is 2. The summed E-state index contributed by atoms with van der Waals surface area (Å²) in [5, 5.41) is 25.8. The first-order valence-corrected chi connectivity index (χ1v) is 7.63. The van der Waals surface area contributed by atoms with Crippen molar-refractivity contribution >= 4 is 11.9 Å². The van der Waals surface area contributed by atoms with E-state index in [4.69, 9.17) is 5.73 Å². The molecule has 7 atom stereocenters. The molecular formula is C14H21N5O3. The Balaban J connectivity index is 1.45. The van der Waals surface area contributed by atoms with Crippen LogP contribution in [0.2, 0.25) is 0 Å². The average molecular weight is 307 g/mol. The fourth-order valence-electron chi connectivity index (χ4n) is 4.12. The van der Waals surface area contributed by atoms with Crippen LogP contribution in [0.15, 0.2) is 16.8 Å². The number of nitrogens with zero attached hydrogens (tertiary/aromatic N) is 2. The lowest BCUT2D eigenvalue weighted by atomic mass is 9.96. The monoisotopic (exact) mass is 307 g/mol. The van der Waals surface area contributed by atoms with Gasteiger partial charge in [0.2, 0.25) is 5.91 Å². The molecule has 22 heavy (non-hydrogen) atoms. The van der Waals surface area contributed by atoms with E-state index in [-0.39, 0.29) is 35.9 Å². The van der Waals surface area contributed by atoms with Gasteiger partial charge in [-0.2, -0.15) is 0 Å². The summed E-state index contributed by atoms with van der Waals surface area (Å²) < 4.78 is 0. The highest BCUT2D eigenvalue weighted by atomic mass is 16.3. The zero-order chi connectivity index (χ0) is 15.6.